The van der Waals surface area contributed by atoms with E-state index in [0.717, 1.165) is 12.0 Å². The Balaban J connectivity index is 2.20. The number of aryl methyl sites for hydroxylation is 2. The number of nitrogens with one attached hydrogen (secondary N) is 1. The summed E-state index contributed by atoms with van der Waals surface area (Å²) in [6.07, 6.45) is 1.63. The normalized spacial score (nSPS) is 11.9. The second-order valence-electron chi connectivity index (χ2n) is 5.63. The van der Waals surface area contributed by atoms with Gasteiger partial charge in [0.2, 0.25) is 0 Å². The molecule has 7 heteroatoms. The van der Waals surface area contributed by atoms with E-state index in [-0.39, 0.29) is 5.82 Å². The predicted octanol–water partition coefficient (Wildman–Crippen LogP) is 3.51. The van der Waals surface area contributed by atoms with Gasteiger partial charge in [0.25, 0.3) is 10.0 Å². The van der Waals surface area contributed by atoms with Crippen molar-refractivity contribution in [3.8, 4) is 0 Å². The topological polar surface area (TPSA) is 72.2 Å². The van der Waals surface area contributed by atoms with Crippen molar-refractivity contribution in [2.24, 2.45) is 5.92 Å². The molecule has 0 saturated heterocycles. The Bertz CT molecular complexity index is 754. The Kier molecular flexibility index (Phi) is 4.85. The third kappa shape index (κ3) is 4.07. The zero-order valence-electron chi connectivity index (χ0n) is 12.8. The molecule has 0 fully saturated rings. The van der Waals surface area contributed by atoms with Gasteiger partial charge in [0, 0.05) is 6.07 Å². The monoisotopic (exact) mass is 326 g/mol. The lowest BCUT2D eigenvalue weighted by Gasteiger charge is -2.09. The number of hydrogen-bond donors (Lipinski definition) is 1. The smallest absolute Gasteiger partial charge is 0.266 e. The number of hydrogen-bond acceptors (Lipinski definition) is 4. The number of anilines is 1. The van der Waals surface area contributed by atoms with Crippen molar-refractivity contribution in [1.82, 2.24) is 5.16 Å². The Morgan fingerprint density at radius 3 is 2.59 bits per heavy atom. The van der Waals surface area contributed by atoms with Gasteiger partial charge in [-0.15, -0.1) is 0 Å². The second kappa shape index (κ2) is 6.48. The standard InChI is InChI=1S/C15H19FN2O3S/c1-10(2)4-5-12-6-7-14(13(16)9-12)22(19,20)18-15-8-11(3)21-17-15/h6-10H,4-5H2,1-3H3,(H,17,18). The Labute approximate surface area is 129 Å². The van der Waals surface area contributed by atoms with Crippen molar-refractivity contribution in [3.05, 3.63) is 41.4 Å². The molecule has 2 aromatic rings. The maximum absolute atomic E-state index is 14.1. The summed E-state index contributed by atoms with van der Waals surface area (Å²) in [5.74, 6) is 0.223. The van der Waals surface area contributed by atoms with Gasteiger partial charge in [-0.1, -0.05) is 25.1 Å². The maximum Gasteiger partial charge on any atom is 0.266 e. The molecular formula is C15H19FN2O3S. The molecule has 0 bridgehead atoms. The average Bonchev–Trinajstić information content (AvgIpc) is 2.80. The van der Waals surface area contributed by atoms with Gasteiger partial charge < -0.3 is 4.52 Å². The molecule has 1 heterocycles. The molecule has 22 heavy (non-hydrogen) atoms. The lowest BCUT2D eigenvalue weighted by atomic mass is 10.0. The van der Waals surface area contributed by atoms with Gasteiger partial charge in [-0.05, 0) is 43.4 Å². The molecule has 1 aromatic carbocycles. The zero-order chi connectivity index (χ0) is 16.3. The Morgan fingerprint density at radius 2 is 2.05 bits per heavy atom. The molecule has 0 atom stereocenters. The fourth-order valence-electron chi connectivity index (χ4n) is 1.98. The summed E-state index contributed by atoms with van der Waals surface area (Å²) < 4.78 is 45.4. The van der Waals surface area contributed by atoms with Crippen LogP contribution in [0, 0.1) is 18.7 Å². The van der Waals surface area contributed by atoms with Crippen LogP contribution in [-0.2, 0) is 16.4 Å². The summed E-state index contributed by atoms with van der Waals surface area (Å²) in [5.41, 5.74) is 0.780. The van der Waals surface area contributed by atoms with E-state index in [2.05, 4.69) is 23.7 Å². The molecule has 0 amide bonds. The highest BCUT2D eigenvalue weighted by Crippen LogP contribution is 2.21. The predicted molar refractivity (Wildman–Crippen MR) is 81.6 cm³/mol. The largest absolute Gasteiger partial charge is 0.360 e. The highest BCUT2D eigenvalue weighted by atomic mass is 32.2. The Hall–Kier alpha value is -1.89. The van der Waals surface area contributed by atoms with Crippen LogP contribution in [0.1, 0.15) is 31.6 Å². The van der Waals surface area contributed by atoms with Crippen LogP contribution in [0.4, 0.5) is 10.2 Å². The van der Waals surface area contributed by atoms with Gasteiger partial charge in [0.05, 0.1) is 0 Å². The minimum absolute atomic E-state index is 0.0285. The number of sulfonamides is 1. The minimum Gasteiger partial charge on any atom is -0.360 e. The van der Waals surface area contributed by atoms with Crippen molar-refractivity contribution in [1.29, 1.82) is 0 Å². The highest BCUT2D eigenvalue weighted by molar-refractivity contribution is 7.92. The summed E-state index contributed by atoms with van der Waals surface area (Å²) in [6.45, 7) is 5.80. The molecule has 0 unspecified atom stereocenters. The van der Waals surface area contributed by atoms with E-state index < -0.39 is 20.7 Å². The molecule has 1 N–H and O–H groups in total. The van der Waals surface area contributed by atoms with Crippen LogP contribution in [0.25, 0.3) is 0 Å². The van der Waals surface area contributed by atoms with Gasteiger partial charge >= 0.3 is 0 Å². The molecular weight excluding hydrogens is 307 g/mol. The van der Waals surface area contributed by atoms with Gasteiger partial charge in [0.15, 0.2) is 5.82 Å². The first-order valence-corrected chi connectivity index (χ1v) is 8.51. The molecule has 5 nitrogen and oxygen atoms in total. The zero-order valence-corrected chi connectivity index (χ0v) is 13.6. The first-order valence-electron chi connectivity index (χ1n) is 7.02. The van der Waals surface area contributed by atoms with Crippen LogP contribution in [0.5, 0.6) is 0 Å². The summed E-state index contributed by atoms with van der Waals surface area (Å²) >= 11 is 0. The first-order chi connectivity index (χ1) is 10.3. The van der Waals surface area contributed by atoms with Crippen molar-refractivity contribution in [2.45, 2.75) is 38.5 Å². The van der Waals surface area contributed by atoms with Gasteiger partial charge in [-0.25, -0.2) is 12.8 Å². The third-order valence-electron chi connectivity index (χ3n) is 3.16. The number of nitrogens with zero attached hydrogens (tertiary/aromatic N) is 1. The van der Waals surface area contributed by atoms with E-state index >= 15 is 0 Å². The fourth-order valence-corrected chi connectivity index (χ4v) is 3.02. The third-order valence-corrected chi connectivity index (χ3v) is 4.55. The summed E-state index contributed by atoms with van der Waals surface area (Å²) in [5, 5.41) is 3.53. The molecule has 0 aliphatic carbocycles. The summed E-state index contributed by atoms with van der Waals surface area (Å²) in [7, 11) is -4.03. The molecule has 120 valence electrons. The van der Waals surface area contributed by atoms with E-state index in [1.54, 1.807) is 13.0 Å². The van der Waals surface area contributed by atoms with Crippen LogP contribution in [-0.4, -0.2) is 13.6 Å². The molecule has 0 radical (unpaired) electrons. The highest BCUT2D eigenvalue weighted by Gasteiger charge is 2.21. The van der Waals surface area contributed by atoms with Crippen LogP contribution in [0.2, 0.25) is 0 Å². The van der Waals surface area contributed by atoms with E-state index in [4.69, 9.17) is 4.52 Å². The van der Waals surface area contributed by atoms with Gasteiger partial charge in [0.1, 0.15) is 16.5 Å². The summed E-state index contributed by atoms with van der Waals surface area (Å²) in [4.78, 5) is -0.401. The van der Waals surface area contributed by atoms with Crippen molar-refractivity contribution < 1.29 is 17.3 Å². The minimum atomic E-state index is -4.03. The lowest BCUT2D eigenvalue weighted by molar-refractivity contribution is 0.400. The van der Waals surface area contributed by atoms with Gasteiger partial charge in [-0.3, -0.25) is 4.72 Å². The van der Waals surface area contributed by atoms with E-state index in [1.165, 1.54) is 18.2 Å². The van der Waals surface area contributed by atoms with Crippen molar-refractivity contribution in [2.75, 3.05) is 4.72 Å². The average molecular weight is 326 g/mol. The van der Waals surface area contributed by atoms with Crippen LogP contribution < -0.4 is 4.72 Å². The molecule has 0 aliphatic rings. The molecule has 0 aliphatic heterocycles. The van der Waals surface area contributed by atoms with Crippen LogP contribution >= 0.6 is 0 Å². The lowest BCUT2D eigenvalue weighted by Crippen LogP contribution is -2.15. The fraction of sp³-hybridized carbons (Fsp3) is 0.400. The molecule has 0 spiro atoms. The van der Waals surface area contributed by atoms with Crippen LogP contribution in [0.3, 0.4) is 0 Å². The molecule has 2 rings (SSSR count). The number of halogens is 1. The maximum atomic E-state index is 14.1. The summed E-state index contributed by atoms with van der Waals surface area (Å²) in [6, 6.07) is 5.60. The number of rotatable bonds is 6. The second-order valence-corrected chi connectivity index (χ2v) is 7.28. The molecule has 1 aromatic heterocycles. The van der Waals surface area contributed by atoms with E-state index in [0.29, 0.717) is 18.1 Å². The Morgan fingerprint density at radius 1 is 1.32 bits per heavy atom. The van der Waals surface area contributed by atoms with E-state index in [9.17, 15) is 12.8 Å². The number of benzene rings is 1. The molecule has 0 saturated carbocycles. The van der Waals surface area contributed by atoms with E-state index in [1.807, 2.05) is 0 Å². The van der Waals surface area contributed by atoms with Gasteiger partial charge in [-0.2, -0.15) is 0 Å². The van der Waals surface area contributed by atoms with Crippen molar-refractivity contribution >= 4 is 15.8 Å². The van der Waals surface area contributed by atoms with Crippen LogP contribution in [0.15, 0.2) is 33.7 Å². The first kappa shape index (κ1) is 16.5. The SMILES string of the molecule is Cc1cc(NS(=O)(=O)c2ccc(CCC(C)C)cc2F)no1. The van der Waals surface area contributed by atoms with Crippen molar-refractivity contribution in [3.63, 3.8) is 0 Å². The number of aromatic nitrogens is 1. The quantitative estimate of drug-likeness (QED) is 0.881.